The molecular weight excluding hydrogens is 434 g/mol. The number of nitrogen functional groups attached to an aromatic ring is 1. The molecule has 0 aliphatic carbocycles. The maximum Gasteiger partial charge on any atom is 0.254 e. The molecule has 1 amide bonds. The van der Waals surface area contributed by atoms with E-state index in [-0.39, 0.29) is 11.9 Å². The first kappa shape index (κ1) is 18.5. The number of anilines is 1. The van der Waals surface area contributed by atoms with E-state index in [0.717, 1.165) is 32.1 Å². The maximum atomic E-state index is 13.5. The topological polar surface area (TPSA) is 77.7 Å². The summed E-state index contributed by atoms with van der Waals surface area (Å²) in [4.78, 5) is 19.8. The first-order valence-electron chi connectivity index (χ1n) is 9.55. The van der Waals surface area contributed by atoms with Crippen LogP contribution in [0, 0.1) is 0 Å². The van der Waals surface area contributed by atoms with Crippen LogP contribution in [0.2, 0.25) is 0 Å². The minimum atomic E-state index is -0.122. The van der Waals surface area contributed by atoms with E-state index in [2.05, 4.69) is 20.9 Å². The molecule has 1 saturated heterocycles. The molecule has 6 nitrogen and oxygen atoms in total. The second kappa shape index (κ2) is 7.40. The zero-order valence-corrected chi connectivity index (χ0v) is 17.3. The van der Waals surface area contributed by atoms with E-state index in [4.69, 9.17) is 15.2 Å². The summed E-state index contributed by atoms with van der Waals surface area (Å²) in [5.74, 6) is 0.497. The van der Waals surface area contributed by atoms with Crippen molar-refractivity contribution in [2.75, 3.05) is 25.5 Å². The van der Waals surface area contributed by atoms with Gasteiger partial charge in [0.2, 0.25) is 0 Å². The smallest absolute Gasteiger partial charge is 0.254 e. The van der Waals surface area contributed by atoms with Gasteiger partial charge < -0.3 is 20.1 Å². The Morgan fingerprint density at radius 2 is 2.00 bits per heavy atom. The van der Waals surface area contributed by atoms with Crippen molar-refractivity contribution in [2.24, 2.45) is 0 Å². The quantitative estimate of drug-likeness (QED) is 0.637. The number of hydrogen-bond donors (Lipinski definition) is 1. The van der Waals surface area contributed by atoms with Crippen LogP contribution in [0.15, 0.2) is 46.9 Å². The molecule has 148 valence electrons. The van der Waals surface area contributed by atoms with Crippen LogP contribution in [0.1, 0.15) is 33.1 Å². The number of pyridine rings is 1. The van der Waals surface area contributed by atoms with Gasteiger partial charge in [-0.15, -0.1) is 0 Å². The van der Waals surface area contributed by atoms with E-state index in [9.17, 15) is 4.79 Å². The SMILES string of the molecule is Nc1nc2ccc(C(=O)N3CCOC[C@@H]3c3cccc(Br)c3)cc2c2c1COC2. The van der Waals surface area contributed by atoms with E-state index < -0.39 is 0 Å². The molecule has 0 saturated carbocycles. The van der Waals surface area contributed by atoms with Gasteiger partial charge in [-0.1, -0.05) is 28.1 Å². The van der Waals surface area contributed by atoms with Crippen LogP contribution in [0.5, 0.6) is 0 Å². The molecule has 7 heteroatoms. The zero-order chi connectivity index (χ0) is 20.0. The predicted octanol–water partition coefficient (Wildman–Crippen LogP) is 3.82. The van der Waals surface area contributed by atoms with Crippen LogP contribution >= 0.6 is 15.9 Å². The highest BCUT2D eigenvalue weighted by molar-refractivity contribution is 9.10. The highest BCUT2D eigenvalue weighted by Crippen LogP contribution is 2.33. The third kappa shape index (κ3) is 3.29. The zero-order valence-electron chi connectivity index (χ0n) is 15.7. The lowest BCUT2D eigenvalue weighted by atomic mass is 10.0. The third-order valence-electron chi connectivity index (χ3n) is 5.60. The molecule has 2 aliphatic heterocycles. The molecule has 2 N–H and O–H groups in total. The molecule has 3 heterocycles. The van der Waals surface area contributed by atoms with Crippen molar-refractivity contribution in [2.45, 2.75) is 19.3 Å². The van der Waals surface area contributed by atoms with Crippen molar-refractivity contribution in [1.29, 1.82) is 0 Å². The second-order valence-corrected chi connectivity index (χ2v) is 8.24. The third-order valence-corrected chi connectivity index (χ3v) is 6.09. The Labute approximate surface area is 176 Å². The summed E-state index contributed by atoms with van der Waals surface area (Å²) in [6.45, 7) is 2.53. The molecule has 0 bridgehead atoms. The monoisotopic (exact) mass is 453 g/mol. The molecule has 0 radical (unpaired) electrons. The predicted molar refractivity (Wildman–Crippen MR) is 113 cm³/mol. The minimum absolute atomic E-state index is 0.00957. The molecule has 3 aromatic rings. The largest absolute Gasteiger partial charge is 0.383 e. The van der Waals surface area contributed by atoms with E-state index in [1.54, 1.807) is 0 Å². The van der Waals surface area contributed by atoms with Gasteiger partial charge in [-0.25, -0.2) is 4.98 Å². The molecule has 29 heavy (non-hydrogen) atoms. The lowest BCUT2D eigenvalue weighted by molar-refractivity contribution is -0.00270. The van der Waals surface area contributed by atoms with Gasteiger partial charge in [0.1, 0.15) is 5.82 Å². The van der Waals surface area contributed by atoms with Crippen LogP contribution in [-0.2, 0) is 22.7 Å². The molecule has 1 atom stereocenters. The van der Waals surface area contributed by atoms with E-state index >= 15 is 0 Å². The summed E-state index contributed by atoms with van der Waals surface area (Å²) in [6.07, 6.45) is 0. The van der Waals surface area contributed by atoms with Gasteiger partial charge in [-0.3, -0.25) is 4.79 Å². The van der Waals surface area contributed by atoms with Crippen LogP contribution in [0.4, 0.5) is 5.82 Å². The molecule has 1 aromatic heterocycles. The van der Waals surface area contributed by atoms with Gasteiger partial charge in [-0.05, 0) is 41.5 Å². The van der Waals surface area contributed by atoms with Crippen molar-refractivity contribution in [3.05, 3.63) is 69.2 Å². The fourth-order valence-corrected chi connectivity index (χ4v) is 4.52. The molecule has 2 aromatic carbocycles. The number of fused-ring (bicyclic) bond motifs is 3. The van der Waals surface area contributed by atoms with Gasteiger partial charge in [-0.2, -0.15) is 0 Å². The molecular formula is C22H20BrN3O3. The highest BCUT2D eigenvalue weighted by Gasteiger charge is 2.30. The average Bonchev–Trinajstić information content (AvgIpc) is 3.24. The van der Waals surface area contributed by atoms with Gasteiger partial charge in [0, 0.05) is 27.5 Å². The Kier molecular flexibility index (Phi) is 4.73. The first-order valence-corrected chi connectivity index (χ1v) is 10.3. The summed E-state index contributed by atoms with van der Waals surface area (Å²) < 4.78 is 12.2. The molecule has 0 unspecified atom stereocenters. The van der Waals surface area contributed by atoms with Gasteiger partial charge >= 0.3 is 0 Å². The Morgan fingerprint density at radius 3 is 2.86 bits per heavy atom. The highest BCUT2D eigenvalue weighted by atomic mass is 79.9. The van der Waals surface area contributed by atoms with Crippen LogP contribution in [0.3, 0.4) is 0 Å². The lowest BCUT2D eigenvalue weighted by Crippen LogP contribution is -2.43. The number of halogens is 1. The van der Waals surface area contributed by atoms with Gasteiger partial charge in [0.15, 0.2) is 0 Å². The molecule has 1 fully saturated rings. The summed E-state index contributed by atoms with van der Waals surface area (Å²) in [5, 5.41) is 0.935. The second-order valence-electron chi connectivity index (χ2n) is 7.32. The van der Waals surface area contributed by atoms with E-state index in [1.807, 2.05) is 47.4 Å². The number of carbonyl (C=O) groups excluding carboxylic acids is 1. The number of aromatic nitrogens is 1. The Hall–Kier alpha value is -2.48. The summed E-state index contributed by atoms with van der Waals surface area (Å²) in [6, 6.07) is 13.5. The van der Waals surface area contributed by atoms with Crippen molar-refractivity contribution < 1.29 is 14.3 Å². The standard InChI is InChI=1S/C22H20BrN3O3/c23-15-3-1-2-13(8-15)20-12-28-7-6-26(20)22(27)14-4-5-19-16(9-14)17-10-29-11-18(17)21(24)25-19/h1-5,8-9,20H,6-7,10-12H2,(H2,24,25)/t20-/m1/s1. The van der Waals surface area contributed by atoms with E-state index in [0.29, 0.717) is 44.4 Å². The number of nitrogens with two attached hydrogens (primary N) is 1. The number of amides is 1. The number of carbonyl (C=O) groups is 1. The number of morpholine rings is 1. The van der Waals surface area contributed by atoms with Crippen molar-refractivity contribution in [3.8, 4) is 0 Å². The van der Waals surface area contributed by atoms with Crippen molar-refractivity contribution >= 4 is 38.6 Å². The van der Waals surface area contributed by atoms with Gasteiger partial charge in [0.25, 0.3) is 5.91 Å². The summed E-state index contributed by atoms with van der Waals surface area (Å²) in [5.41, 5.74) is 10.5. The number of hydrogen-bond acceptors (Lipinski definition) is 5. The Balaban J connectivity index is 1.53. The minimum Gasteiger partial charge on any atom is -0.383 e. The Bertz CT molecular complexity index is 1120. The Morgan fingerprint density at radius 1 is 1.14 bits per heavy atom. The number of nitrogens with zero attached hydrogens (tertiary/aromatic N) is 2. The fraction of sp³-hybridized carbons (Fsp3) is 0.273. The van der Waals surface area contributed by atoms with Crippen LogP contribution < -0.4 is 5.73 Å². The number of rotatable bonds is 2. The fourth-order valence-electron chi connectivity index (χ4n) is 4.11. The van der Waals surface area contributed by atoms with Crippen LogP contribution in [-0.4, -0.2) is 35.5 Å². The molecule has 0 spiro atoms. The van der Waals surface area contributed by atoms with Crippen molar-refractivity contribution in [1.82, 2.24) is 9.88 Å². The average molecular weight is 454 g/mol. The summed E-state index contributed by atoms with van der Waals surface area (Å²) >= 11 is 3.52. The number of benzene rings is 2. The number of ether oxygens (including phenoxy) is 2. The maximum absolute atomic E-state index is 13.5. The molecule has 5 rings (SSSR count). The van der Waals surface area contributed by atoms with Crippen molar-refractivity contribution in [3.63, 3.8) is 0 Å². The lowest BCUT2D eigenvalue weighted by Gasteiger charge is -2.36. The first-order chi connectivity index (χ1) is 14.1. The van der Waals surface area contributed by atoms with Gasteiger partial charge in [0.05, 0.1) is 38.0 Å². The normalized spacial score (nSPS) is 18.8. The summed E-state index contributed by atoms with van der Waals surface area (Å²) in [7, 11) is 0. The van der Waals surface area contributed by atoms with E-state index in [1.165, 1.54) is 0 Å². The molecule has 2 aliphatic rings. The van der Waals surface area contributed by atoms with Crippen LogP contribution in [0.25, 0.3) is 10.9 Å².